The molecule has 2 heteroatoms. The first-order valence-electron chi connectivity index (χ1n) is 4.94. The molecule has 0 aliphatic rings. The van der Waals surface area contributed by atoms with E-state index in [2.05, 4.69) is 6.92 Å². The molecule has 0 heterocycles. The summed E-state index contributed by atoms with van der Waals surface area (Å²) in [5, 5.41) is 8.89. The molecule has 0 radical (unpaired) electrons. The maximum absolute atomic E-state index is 10.0. The van der Waals surface area contributed by atoms with Crippen molar-refractivity contribution in [3.63, 3.8) is 0 Å². The summed E-state index contributed by atoms with van der Waals surface area (Å²) in [5.74, 6) is 0. The SMILES string of the molecule is CCCCCCCCC(O)C=O. The molecule has 72 valence electrons. The number of hydrogen-bond donors (Lipinski definition) is 1. The Morgan fingerprint density at radius 3 is 2.33 bits per heavy atom. The molecule has 0 aliphatic carbocycles. The summed E-state index contributed by atoms with van der Waals surface area (Å²) >= 11 is 0. The molecule has 0 saturated heterocycles. The molecule has 0 saturated carbocycles. The van der Waals surface area contributed by atoms with Gasteiger partial charge in [-0.25, -0.2) is 0 Å². The van der Waals surface area contributed by atoms with E-state index in [4.69, 9.17) is 5.11 Å². The molecule has 0 fully saturated rings. The Balaban J connectivity index is 2.95. The van der Waals surface area contributed by atoms with Crippen LogP contribution in [0.5, 0.6) is 0 Å². The van der Waals surface area contributed by atoms with Gasteiger partial charge in [-0.05, 0) is 6.42 Å². The monoisotopic (exact) mass is 172 g/mol. The minimum atomic E-state index is -0.726. The van der Waals surface area contributed by atoms with Crippen molar-refractivity contribution in [1.82, 2.24) is 0 Å². The number of carbonyl (C=O) groups is 1. The van der Waals surface area contributed by atoms with Crippen LogP contribution in [0, 0.1) is 0 Å². The Labute approximate surface area is 75.0 Å². The van der Waals surface area contributed by atoms with Crippen LogP contribution in [-0.4, -0.2) is 17.5 Å². The molecular formula is C10H20O2. The average Bonchev–Trinajstić information content (AvgIpc) is 2.10. The molecule has 0 bridgehead atoms. The van der Waals surface area contributed by atoms with Crippen LogP contribution in [0.1, 0.15) is 51.9 Å². The van der Waals surface area contributed by atoms with Crippen LogP contribution in [0.25, 0.3) is 0 Å². The van der Waals surface area contributed by atoms with Crippen molar-refractivity contribution in [2.24, 2.45) is 0 Å². The lowest BCUT2D eigenvalue weighted by Crippen LogP contribution is -2.06. The van der Waals surface area contributed by atoms with Crippen molar-refractivity contribution < 1.29 is 9.90 Å². The van der Waals surface area contributed by atoms with E-state index in [0.29, 0.717) is 12.7 Å². The van der Waals surface area contributed by atoms with Crippen LogP contribution < -0.4 is 0 Å². The zero-order valence-corrected chi connectivity index (χ0v) is 7.96. The molecule has 0 aromatic heterocycles. The summed E-state index contributed by atoms with van der Waals surface area (Å²) in [5.41, 5.74) is 0. The Kier molecular flexibility index (Phi) is 8.46. The van der Waals surface area contributed by atoms with Crippen molar-refractivity contribution in [3.8, 4) is 0 Å². The number of aliphatic hydroxyl groups is 1. The number of aliphatic hydroxyl groups excluding tert-OH is 1. The van der Waals surface area contributed by atoms with Gasteiger partial charge in [0.15, 0.2) is 0 Å². The van der Waals surface area contributed by atoms with E-state index < -0.39 is 6.10 Å². The maximum Gasteiger partial charge on any atom is 0.148 e. The quantitative estimate of drug-likeness (QED) is 0.450. The fourth-order valence-corrected chi connectivity index (χ4v) is 1.20. The predicted molar refractivity (Wildman–Crippen MR) is 50.1 cm³/mol. The van der Waals surface area contributed by atoms with Crippen LogP contribution in [0.15, 0.2) is 0 Å². The van der Waals surface area contributed by atoms with E-state index >= 15 is 0 Å². The highest BCUT2D eigenvalue weighted by Gasteiger charge is 1.99. The molecule has 0 amide bonds. The van der Waals surface area contributed by atoms with Crippen molar-refractivity contribution in [1.29, 1.82) is 0 Å². The summed E-state index contributed by atoms with van der Waals surface area (Å²) in [6.45, 7) is 2.19. The predicted octanol–water partition coefficient (Wildman–Crippen LogP) is 2.30. The van der Waals surface area contributed by atoms with E-state index in [9.17, 15) is 4.79 Å². The minimum Gasteiger partial charge on any atom is -0.386 e. The second-order valence-electron chi connectivity index (χ2n) is 3.26. The molecule has 0 rings (SSSR count). The summed E-state index contributed by atoms with van der Waals surface area (Å²) in [6, 6.07) is 0. The minimum absolute atomic E-state index is 0.617. The number of aldehydes is 1. The molecule has 0 aliphatic heterocycles. The highest BCUT2D eigenvalue weighted by atomic mass is 16.3. The number of rotatable bonds is 8. The second kappa shape index (κ2) is 8.72. The van der Waals surface area contributed by atoms with Gasteiger partial charge < -0.3 is 9.90 Å². The Morgan fingerprint density at radius 1 is 1.17 bits per heavy atom. The van der Waals surface area contributed by atoms with Crippen LogP contribution >= 0.6 is 0 Å². The van der Waals surface area contributed by atoms with Gasteiger partial charge in [0.1, 0.15) is 12.4 Å². The molecule has 1 unspecified atom stereocenters. The lowest BCUT2D eigenvalue weighted by molar-refractivity contribution is -0.115. The van der Waals surface area contributed by atoms with E-state index in [0.717, 1.165) is 12.8 Å². The Morgan fingerprint density at radius 2 is 1.75 bits per heavy atom. The standard InChI is InChI=1S/C10H20O2/c1-2-3-4-5-6-7-8-10(12)9-11/h9-10,12H,2-8H2,1H3. The van der Waals surface area contributed by atoms with Gasteiger partial charge in [0.05, 0.1) is 0 Å². The van der Waals surface area contributed by atoms with Crippen molar-refractivity contribution in [2.45, 2.75) is 58.0 Å². The summed E-state index contributed by atoms with van der Waals surface area (Å²) < 4.78 is 0. The highest BCUT2D eigenvalue weighted by Crippen LogP contribution is 2.07. The first kappa shape index (κ1) is 11.6. The molecular weight excluding hydrogens is 152 g/mol. The third-order valence-corrected chi connectivity index (χ3v) is 2.01. The van der Waals surface area contributed by atoms with Crippen molar-refractivity contribution in [2.75, 3.05) is 0 Å². The van der Waals surface area contributed by atoms with Crippen LogP contribution in [0.3, 0.4) is 0 Å². The number of carbonyl (C=O) groups excluding carboxylic acids is 1. The van der Waals surface area contributed by atoms with E-state index in [1.165, 1.54) is 25.7 Å². The zero-order valence-electron chi connectivity index (χ0n) is 7.96. The molecule has 0 spiro atoms. The molecule has 0 aromatic rings. The fourth-order valence-electron chi connectivity index (χ4n) is 1.20. The summed E-state index contributed by atoms with van der Waals surface area (Å²) in [4.78, 5) is 10.0. The molecule has 2 nitrogen and oxygen atoms in total. The van der Waals surface area contributed by atoms with Crippen LogP contribution in [-0.2, 0) is 4.79 Å². The first-order chi connectivity index (χ1) is 5.81. The van der Waals surface area contributed by atoms with E-state index in [-0.39, 0.29) is 0 Å². The van der Waals surface area contributed by atoms with Crippen molar-refractivity contribution >= 4 is 6.29 Å². The lowest BCUT2D eigenvalue weighted by Gasteiger charge is -2.02. The maximum atomic E-state index is 10.0. The van der Waals surface area contributed by atoms with Gasteiger partial charge in [0.25, 0.3) is 0 Å². The van der Waals surface area contributed by atoms with E-state index in [1.807, 2.05) is 0 Å². The topological polar surface area (TPSA) is 37.3 Å². The van der Waals surface area contributed by atoms with Gasteiger partial charge in [-0.1, -0.05) is 45.4 Å². The highest BCUT2D eigenvalue weighted by molar-refractivity contribution is 5.55. The van der Waals surface area contributed by atoms with Crippen LogP contribution in [0.2, 0.25) is 0 Å². The third kappa shape index (κ3) is 7.73. The Bertz CT molecular complexity index is 102. The van der Waals surface area contributed by atoms with Gasteiger partial charge in [-0.3, -0.25) is 0 Å². The van der Waals surface area contributed by atoms with Crippen LogP contribution in [0.4, 0.5) is 0 Å². The number of hydrogen-bond acceptors (Lipinski definition) is 2. The molecule has 12 heavy (non-hydrogen) atoms. The van der Waals surface area contributed by atoms with Gasteiger partial charge in [-0.15, -0.1) is 0 Å². The average molecular weight is 172 g/mol. The van der Waals surface area contributed by atoms with E-state index in [1.54, 1.807) is 0 Å². The third-order valence-electron chi connectivity index (χ3n) is 2.01. The molecule has 0 aromatic carbocycles. The summed E-state index contributed by atoms with van der Waals surface area (Å²) in [6.07, 6.45) is 7.73. The second-order valence-corrected chi connectivity index (χ2v) is 3.26. The molecule has 1 atom stereocenters. The largest absolute Gasteiger partial charge is 0.386 e. The summed E-state index contributed by atoms with van der Waals surface area (Å²) in [7, 11) is 0. The number of unbranched alkanes of at least 4 members (excludes halogenated alkanes) is 5. The molecule has 1 N–H and O–H groups in total. The normalized spacial score (nSPS) is 12.8. The van der Waals surface area contributed by atoms with Crippen molar-refractivity contribution in [3.05, 3.63) is 0 Å². The Hall–Kier alpha value is -0.370. The lowest BCUT2D eigenvalue weighted by atomic mass is 10.1. The van der Waals surface area contributed by atoms with Gasteiger partial charge in [0, 0.05) is 0 Å². The fraction of sp³-hybridized carbons (Fsp3) is 0.900. The van der Waals surface area contributed by atoms with Gasteiger partial charge in [0.2, 0.25) is 0 Å². The van der Waals surface area contributed by atoms with Gasteiger partial charge >= 0.3 is 0 Å². The first-order valence-corrected chi connectivity index (χ1v) is 4.94. The van der Waals surface area contributed by atoms with Gasteiger partial charge in [-0.2, -0.15) is 0 Å². The zero-order chi connectivity index (χ0) is 9.23. The smallest absolute Gasteiger partial charge is 0.148 e.